The minimum Gasteiger partial charge on any atom is -0.389 e. The number of hydrogen-bond acceptors (Lipinski definition) is 4. The summed E-state index contributed by atoms with van der Waals surface area (Å²) in [7, 11) is 0. The lowest BCUT2D eigenvalue weighted by molar-refractivity contribution is 1.05. The molecule has 1 aromatic carbocycles. The van der Waals surface area contributed by atoms with Gasteiger partial charge in [0.25, 0.3) is 0 Å². The smallest absolute Gasteiger partial charge is 0.187 e. The van der Waals surface area contributed by atoms with E-state index in [9.17, 15) is 0 Å². The third-order valence-electron chi connectivity index (χ3n) is 3.01. The van der Waals surface area contributed by atoms with Gasteiger partial charge >= 0.3 is 0 Å². The van der Waals surface area contributed by atoms with E-state index in [0.29, 0.717) is 15.9 Å². The predicted molar refractivity (Wildman–Crippen MR) is 84.7 cm³/mol. The zero-order valence-electron chi connectivity index (χ0n) is 10.0. The van der Waals surface area contributed by atoms with Gasteiger partial charge in [-0.2, -0.15) is 0 Å². The van der Waals surface area contributed by atoms with E-state index in [1.807, 2.05) is 6.07 Å². The van der Waals surface area contributed by atoms with Crippen molar-refractivity contribution in [3.05, 3.63) is 39.9 Å². The standard InChI is InChI=1S/C13H12ClN3S2/c14-8-3-4-10(9(5-8)12(15)18)16-13-17-11(6-19-13)7-1-2-7/h3-7H,1-2H2,(H2,15,18)(H,16,17). The second-order valence-electron chi connectivity index (χ2n) is 4.53. The van der Waals surface area contributed by atoms with Crippen LogP contribution in [0.1, 0.15) is 30.0 Å². The third-order valence-corrected chi connectivity index (χ3v) is 4.24. The van der Waals surface area contributed by atoms with Crippen LogP contribution in [0.4, 0.5) is 10.8 Å². The van der Waals surface area contributed by atoms with Crippen LogP contribution in [0.3, 0.4) is 0 Å². The number of hydrogen-bond donors (Lipinski definition) is 2. The van der Waals surface area contributed by atoms with Crippen molar-refractivity contribution in [1.29, 1.82) is 0 Å². The first-order valence-electron chi connectivity index (χ1n) is 5.95. The van der Waals surface area contributed by atoms with Crippen LogP contribution in [0.15, 0.2) is 23.6 Å². The van der Waals surface area contributed by atoms with Gasteiger partial charge in [0.05, 0.1) is 11.4 Å². The van der Waals surface area contributed by atoms with Gasteiger partial charge in [0.1, 0.15) is 4.99 Å². The normalized spacial score (nSPS) is 14.4. The Morgan fingerprint density at radius 3 is 2.95 bits per heavy atom. The first kappa shape index (κ1) is 12.8. The number of anilines is 2. The summed E-state index contributed by atoms with van der Waals surface area (Å²) in [5, 5.41) is 6.85. The largest absolute Gasteiger partial charge is 0.389 e. The van der Waals surface area contributed by atoms with Gasteiger partial charge in [-0.1, -0.05) is 23.8 Å². The number of aromatic nitrogens is 1. The summed E-state index contributed by atoms with van der Waals surface area (Å²) >= 11 is 12.6. The van der Waals surface area contributed by atoms with E-state index >= 15 is 0 Å². The molecule has 0 radical (unpaired) electrons. The SMILES string of the molecule is NC(=S)c1cc(Cl)ccc1Nc1nc(C2CC2)cs1. The number of nitrogens with two attached hydrogens (primary N) is 1. The molecule has 0 aliphatic heterocycles. The van der Waals surface area contributed by atoms with Crippen LogP contribution < -0.4 is 11.1 Å². The molecule has 19 heavy (non-hydrogen) atoms. The van der Waals surface area contributed by atoms with E-state index < -0.39 is 0 Å². The van der Waals surface area contributed by atoms with E-state index in [4.69, 9.17) is 29.6 Å². The highest BCUT2D eigenvalue weighted by atomic mass is 35.5. The average Bonchev–Trinajstić information content (AvgIpc) is 3.12. The maximum absolute atomic E-state index is 5.96. The van der Waals surface area contributed by atoms with Gasteiger partial charge < -0.3 is 11.1 Å². The predicted octanol–water partition coefficient (Wildman–Crippen LogP) is 4.05. The van der Waals surface area contributed by atoms with E-state index in [2.05, 4.69) is 15.7 Å². The van der Waals surface area contributed by atoms with Crippen LogP contribution in [-0.2, 0) is 0 Å². The van der Waals surface area contributed by atoms with E-state index in [-0.39, 0.29) is 0 Å². The molecule has 1 aliphatic carbocycles. The molecule has 3 N–H and O–H groups in total. The van der Waals surface area contributed by atoms with E-state index in [0.717, 1.165) is 16.4 Å². The van der Waals surface area contributed by atoms with Gasteiger partial charge in [-0.25, -0.2) is 4.98 Å². The Balaban J connectivity index is 1.87. The number of nitrogens with zero attached hydrogens (tertiary/aromatic N) is 1. The van der Waals surface area contributed by atoms with E-state index in [1.165, 1.54) is 18.5 Å². The monoisotopic (exact) mass is 309 g/mol. The Morgan fingerprint density at radius 2 is 2.26 bits per heavy atom. The highest BCUT2D eigenvalue weighted by molar-refractivity contribution is 7.80. The number of benzene rings is 1. The zero-order chi connectivity index (χ0) is 13.4. The lowest BCUT2D eigenvalue weighted by atomic mass is 10.2. The number of rotatable bonds is 4. The molecule has 6 heteroatoms. The van der Waals surface area contributed by atoms with Gasteiger partial charge in [0.2, 0.25) is 0 Å². The van der Waals surface area contributed by atoms with Crippen molar-refractivity contribution in [2.24, 2.45) is 5.73 Å². The summed E-state index contributed by atoms with van der Waals surface area (Å²) in [6.07, 6.45) is 2.50. The van der Waals surface area contributed by atoms with Crippen LogP contribution >= 0.6 is 35.2 Å². The Morgan fingerprint density at radius 1 is 1.47 bits per heavy atom. The summed E-state index contributed by atoms with van der Waals surface area (Å²) in [6.45, 7) is 0. The second-order valence-corrected chi connectivity index (χ2v) is 6.27. The Kier molecular flexibility index (Phi) is 3.43. The molecule has 1 heterocycles. The molecule has 2 aromatic rings. The van der Waals surface area contributed by atoms with Crippen molar-refractivity contribution >= 4 is 51.0 Å². The molecule has 0 atom stereocenters. The highest BCUT2D eigenvalue weighted by Gasteiger charge is 2.26. The summed E-state index contributed by atoms with van der Waals surface area (Å²) in [4.78, 5) is 4.90. The fraction of sp³-hybridized carbons (Fsp3) is 0.231. The molecule has 0 spiro atoms. The number of nitrogens with one attached hydrogen (secondary N) is 1. The molecular weight excluding hydrogens is 298 g/mol. The average molecular weight is 310 g/mol. The minimum atomic E-state index is 0.323. The maximum Gasteiger partial charge on any atom is 0.187 e. The van der Waals surface area contributed by atoms with Crippen LogP contribution in [0, 0.1) is 0 Å². The first-order chi connectivity index (χ1) is 9.13. The second kappa shape index (κ2) is 5.07. The number of halogens is 1. The van der Waals surface area contributed by atoms with Gasteiger partial charge in [-0.15, -0.1) is 11.3 Å². The van der Waals surface area contributed by atoms with Crippen molar-refractivity contribution in [2.75, 3.05) is 5.32 Å². The number of thiazole rings is 1. The summed E-state index contributed by atoms with van der Waals surface area (Å²) in [5.41, 5.74) is 8.48. The summed E-state index contributed by atoms with van der Waals surface area (Å²) < 4.78 is 0. The number of thiocarbonyl (C=S) groups is 1. The molecule has 0 amide bonds. The topological polar surface area (TPSA) is 50.9 Å². The summed E-state index contributed by atoms with van der Waals surface area (Å²) in [5.74, 6) is 0.659. The molecule has 0 unspecified atom stereocenters. The zero-order valence-corrected chi connectivity index (χ0v) is 12.4. The summed E-state index contributed by atoms with van der Waals surface area (Å²) in [6, 6.07) is 5.44. The van der Waals surface area contributed by atoms with Crippen molar-refractivity contribution in [3.63, 3.8) is 0 Å². The van der Waals surface area contributed by atoms with Crippen LogP contribution in [0.5, 0.6) is 0 Å². The van der Waals surface area contributed by atoms with Crippen molar-refractivity contribution in [1.82, 2.24) is 4.98 Å². The minimum absolute atomic E-state index is 0.323. The quantitative estimate of drug-likeness (QED) is 0.837. The maximum atomic E-state index is 5.96. The molecule has 3 rings (SSSR count). The highest BCUT2D eigenvalue weighted by Crippen LogP contribution is 2.41. The van der Waals surface area contributed by atoms with E-state index in [1.54, 1.807) is 23.5 Å². The Hall–Kier alpha value is -1.17. The third kappa shape index (κ3) is 2.88. The first-order valence-corrected chi connectivity index (χ1v) is 7.62. The lowest BCUT2D eigenvalue weighted by Crippen LogP contribution is -2.11. The van der Waals surface area contributed by atoms with Gasteiger partial charge in [-0.05, 0) is 31.0 Å². The molecule has 0 saturated heterocycles. The fourth-order valence-electron chi connectivity index (χ4n) is 1.85. The van der Waals surface area contributed by atoms with Crippen LogP contribution in [0.2, 0.25) is 5.02 Å². The van der Waals surface area contributed by atoms with Crippen LogP contribution in [0.25, 0.3) is 0 Å². The molecule has 1 aromatic heterocycles. The van der Waals surface area contributed by atoms with Crippen molar-refractivity contribution in [3.8, 4) is 0 Å². The van der Waals surface area contributed by atoms with Gasteiger partial charge in [-0.3, -0.25) is 0 Å². The van der Waals surface area contributed by atoms with Gasteiger partial charge in [0.15, 0.2) is 5.13 Å². The Labute approximate surface area is 125 Å². The molecule has 1 aliphatic rings. The Bertz CT molecular complexity index is 635. The van der Waals surface area contributed by atoms with Gasteiger partial charge in [0, 0.05) is 21.9 Å². The molecule has 98 valence electrons. The molecule has 1 saturated carbocycles. The van der Waals surface area contributed by atoms with Crippen LogP contribution in [-0.4, -0.2) is 9.97 Å². The lowest BCUT2D eigenvalue weighted by Gasteiger charge is -2.09. The molecular formula is C13H12ClN3S2. The fourth-order valence-corrected chi connectivity index (χ4v) is 3.00. The molecule has 3 nitrogen and oxygen atoms in total. The molecule has 0 bridgehead atoms. The van der Waals surface area contributed by atoms with Crippen molar-refractivity contribution < 1.29 is 0 Å². The molecule has 1 fully saturated rings. The van der Waals surface area contributed by atoms with Crippen molar-refractivity contribution in [2.45, 2.75) is 18.8 Å².